The first-order chi connectivity index (χ1) is 14.8. The fourth-order valence-electron chi connectivity index (χ4n) is 3.88. The van der Waals surface area contributed by atoms with E-state index in [0.717, 1.165) is 18.2 Å². The standard InChI is InChI=1S/C22H14F4N4O/c1-29-8-14-13(7-18(25)20(26)21(14)28-29)11-5-16(23)15(17(24)6-11)9-30-10-19-12(22(30)31)3-2-4-27-19/h2-8H,9-10H2,1H3. The van der Waals surface area contributed by atoms with E-state index >= 15 is 0 Å². The fraction of sp³-hybridized carbons (Fsp3) is 0.136. The quantitative estimate of drug-likeness (QED) is 0.458. The summed E-state index contributed by atoms with van der Waals surface area (Å²) in [5.74, 6) is -4.44. The van der Waals surface area contributed by atoms with E-state index in [1.165, 1.54) is 22.8 Å². The normalized spacial score (nSPS) is 13.3. The van der Waals surface area contributed by atoms with Gasteiger partial charge < -0.3 is 4.90 Å². The molecule has 156 valence electrons. The van der Waals surface area contributed by atoms with Gasteiger partial charge in [-0.1, -0.05) is 0 Å². The van der Waals surface area contributed by atoms with Gasteiger partial charge in [-0.05, 0) is 41.5 Å². The molecule has 5 nitrogen and oxygen atoms in total. The zero-order valence-electron chi connectivity index (χ0n) is 16.2. The summed E-state index contributed by atoms with van der Waals surface area (Å²) < 4.78 is 59.2. The van der Waals surface area contributed by atoms with Crippen LogP contribution in [0.5, 0.6) is 0 Å². The van der Waals surface area contributed by atoms with E-state index in [1.807, 2.05) is 0 Å². The van der Waals surface area contributed by atoms with Crippen molar-refractivity contribution in [3.63, 3.8) is 0 Å². The minimum atomic E-state index is -1.17. The Bertz CT molecular complexity index is 1360. The highest BCUT2D eigenvalue weighted by Crippen LogP contribution is 2.34. The van der Waals surface area contributed by atoms with Crippen LogP contribution in [0.3, 0.4) is 0 Å². The van der Waals surface area contributed by atoms with E-state index < -0.39 is 23.3 Å². The van der Waals surface area contributed by atoms with Crippen LogP contribution in [0, 0.1) is 23.3 Å². The molecule has 31 heavy (non-hydrogen) atoms. The van der Waals surface area contributed by atoms with Crippen LogP contribution < -0.4 is 0 Å². The van der Waals surface area contributed by atoms with E-state index in [9.17, 15) is 22.4 Å². The average molecular weight is 426 g/mol. The first-order valence-electron chi connectivity index (χ1n) is 9.36. The molecule has 0 fully saturated rings. The van der Waals surface area contributed by atoms with Crippen LogP contribution in [-0.2, 0) is 20.1 Å². The third-order valence-electron chi connectivity index (χ3n) is 5.36. The Morgan fingerprint density at radius 2 is 1.77 bits per heavy atom. The largest absolute Gasteiger partial charge is 0.328 e. The van der Waals surface area contributed by atoms with Gasteiger partial charge in [0.15, 0.2) is 11.6 Å². The number of benzene rings is 2. The predicted octanol–water partition coefficient (Wildman–Crippen LogP) is 4.35. The third kappa shape index (κ3) is 3.04. The van der Waals surface area contributed by atoms with Crippen molar-refractivity contribution in [2.75, 3.05) is 0 Å². The Morgan fingerprint density at radius 3 is 2.48 bits per heavy atom. The van der Waals surface area contributed by atoms with Crippen molar-refractivity contribution < 1.29 is 22.4 Å². The number of aryl methyl sites for hydroxylation is 1. The summed E-state index contributed by atoms with van der Waals surface area (Å²) in [6.07, 6.45) is 3.00. The highest BCUT2D eigenvalue weighted by molar-refractivity contribution is 5.98. The number of carbonyl (C=O) groups is 1. The lowest BCUT2D eigenvalue weighted by Crippen LogP contribution is -2.24. The minimum Gasteiger partial charge on any atom is -0.328 e. The molecular formula is C22H14F4N4O. The third-order valence-corrected chi connectivity index (χ3v) is 5.36. The maximum absolute atomic E-state index is 14.9. The molecule has 0 bridgehead atoms. The second-order valence-corrected chi connectivity index (χ2v) is 7.36. The molecule has 0 N–H and O–H groups in total. The van der Waals surface area contributed by atoms with E-state index in [1.54, 1.807) is 18.3 Å². The van der Waals surface area contributed by atoms with Gasteiger partial charge in [0.1, 0.15) is 17.2 Å². The lowest BCUT2D eigenvalue weighted by Gasteiger charge is -2.17. The van der Waals surface area contributed by atoms with Gasteiger partial charge in [-0.2, -0.15) is 5.10 Å². The number of pyridine rings is 1. The summed E-state index contributed by atoms with van der Waals surface area (Å²) in [5.41, 5.74) is 0.574. The number of amides is 1. The number of halogens is 4. The molecule has 0 atom stereocenters. The summed E-state index contributed by atoms with van der Waals surface area (Å²) in [6, 6.07) is 6.21. The van der Waals surface area contributed by atoms with E-state index in [2.05, 4.69) is 10.1 Å². The Kier molecular flexibility index (Phi) is 4.28. The van der Waals surface area contributed by atoms with Gasteiger partial charge in [0.2, 0.25) is 0 Å². The fourth-order valence-corrected chi connectivity index (χ4v) is 3.88. The van der Waals surface area contributed by atoms with Crippen molar-refractivity contribution in [3.8, 4) is 11.1 Å². The van der Waals surface area contributed by atoms with Crippen molar-refractivity contribution in [1.29, 1.82) is 0 Å². The molecule has 0 spiro atoms. The highest BCUT2D eigenvalue weighted by atomic mass is 19.2. The summed E-state index contributed by atoms with van der Waals surface area (Å²) in [7, 11) is 1.53. The molecule has 2 aromatic carbocycles. The topological polar surface area (TPSA) is 51.0 Å². The van der Waals surface area contributed by atoms with Gasteiger partial charge in [0.25, 0.3) is 5.91 Å². The van der Waals surface area contributed by atoms with Gasteiger partial charge >= 0.3 is 0 Å². The van der Waals surface area contributed by atoms with E-state index in [0.29, 0.717) is 11.3 Å². The van der Waals surface area contributed by atoms with Gasteiger partial charge in [-0.15, -0.1) is 0 Å². The Balaban J connectivity index is 1.54. The molecule has 2 aromatic heterocycles. The second kappa shape index (κ2) is 6.90. The number of aromatic nitrogens is 3. The van der Waals surface area contributed by atoms with Crippen molar-refractivity contribution in [2.45, 2.75) is 13.1 Å². The molecule has 0 saturated carbocycles. The molecule has 0 saturated heterocycles. The molecule has 4 aromatic rings. The molecule has 0 aliphatic carbocycles. The lowest BCUT2D eigenvalue weighted by atomic mass is 9.99. The molecule has 1 amide bonds. The van der Waals surface area contributed by atoms with Crippen LogP contribution in [-0.4, -0.2) is 25.6 Å². The Hall–Kier alpha value is -3.75. The van der Waals surface area contributed by atoms with Crippen molar-refractivity contribution in [1.82, 2.24) is 19.7 Å². The summed E-state index contributed by atoms with van der Waals surface area (Å²) in [4.78, 5) is 17.9. The van der Waals surface area contributed by atoms with Crippen LogP contribution >= 0.6 is 0 Å². The number of carbonyl (C=O) groups excluding carboxylic acids is 1. The van der Waals surface area contributed by atoms with Gasteiger partial charge in [-0.3, -0.25) is 14.5 Å². The summed E-state index contributed by atoms with van der Waals surface area (Å²) in [5, 5.41) is 4.11. The number of rotatable bonds is 3. The zero-order valence-corrected chi connectivity index (χ0v) is 16.2. The van der Waals surface area contributed by atoms with Crippen molar-refractivity contribution in [2.24, 2.45) is 7.05 Å². The van der Waals surface area contributed by atoms with Crippen LogP contribution in [0.4, 0.5) is 17.6 Å². The van der Waals surface area contributed by atoms with Crippen molar-refractivity contribution >= 4 is 16.8 Å². The maximum Gasteiger partial charge on any atom is 0.256 e. The molecule has 0 radical (unpaired) electrons. The van der Waals surface area contributed by atoms with Crippen molar-refractivity contribution in [3.05, 3.63) is 82.8 Å². The Labute approximate surface area is 173 Å². The smallest absolute Gasteiger partial charge is 0.256 e. The summed E-state index contributed by atoms with van der Waals surface area (Å²) >= 11 is 0. The summed E-state index contributed by atoms with van der Waals surface area (Å²) in [6.45, 7) is -0.137. The second-order valence-electron chi connectivity index (χ2n) is 7.36. The van der Waals surface area contributed by atoms with E-state index in [4.69, 9.17) is 0 Å². The molecular weight excluding hydrogens is 412 g/mol. The number of fused-ring (bicyclic) bond motifs is 2. The van der Waals surface area contributed by atoms with E-state index in [-0.39, 0.29) is 46.6 Å². The average Bonchev–Trinajstić information content (AvgIpc) is 3.28. The lowest BCUT2D eigenvalue weighted by molar-refractivity contribution is 0.0763. The molecule has 5 rings (SSSR count). The SMILES string of the molecule is Cn1cc2c(-c3cc(F)c(CN4Cc5ncccc5C4=O)c(F)c3)cc(F)c(F)c2n1. The predicted molar refractivity (Wildman–Crippen MR) is 104 cm³/mol. The van der Waals surface area contributed by atoms with Crippen LogP contribution in [0.2, 0.25) is 0 Å². The molecule has 1 aliphatic rings. The first-order valence-corrected chi connectivity index (χ1v) is 9.36. The van der Waals surface area contributed by atoms with Crippen LogP contribution in [0.1, 0.15) is 21.6 Å². The first kappa shape index (κ1) is 19.2. The minimum absolute atomic E-state index is 0.0355. The molecule has 3 heterocycles. The Morgan fingerprint density at radius 1 is 1.03 bits per heavy atom. The molecule has 1 aliphatic heterocycles. The van der Waals surface area contributed by atoms with Gasteiger partial charge in [0.05, 0.1) is 24.3 Å². The van der Waals surface area contributed by atoms with Crippen LogP contribution in [0.25, 0.3) is 22.0 Å². The monoisotopic (exact) mass is 426 g/mol. The number of nitrogens with zero attached hydrogens (tertiary/aromatic N) is 4. The number of hydrogen-bond donors (Lipinski definition) is 0. The molecule has 9 heteroatoms. The zero-order chi connectivity index (χ0) is 21.9. The molecule has 0 unspecified atom stereocenters. The maximum atomic E-state index is 14.9. The van der Waals surface area contributed by atoms with Crippen LogP contribution in [0.15, 0.2) is 42.7 Å². The number of hydrogen-bond acceptors (Lipinski definition) is 3. The highest BCUT2D eigenvalue weighted by Gasteiger charge is 2.30. The van der Waals surface area contributed by atoms with Gasteiger partial charge in [-0.25, -0.2) is 17.6 Å². The van der Waals surface area contributed by atoms with Gasteiger partial charge in [0, 0.05) is 30.4 Å².